The third-order valence-corrected chi connectivity index (χ3v) is 3.81. The first-order chi connectivity index (χ1) is 13.3. The maximum Gasteiger partial charge on any atom is 0.416 e. The molecule has 0 unspecified atom stereocenters. The van der Waals surface area contributed by atoms with Crippen LogP contribution in [0.25, 0.3) is 5.69 Å². The van der Waals surface area contributed by atoms with Gasteiger partial charge in [0.1, 0.15) is 5.75 Å². The second-order valence-electron chi connectivity index (χ2n) is 5.70. The fourth-order valence-corrected chi connectivity index (χ4v) is 2.41. The second kappa shape index (κ2) is 7.55. The molecule has 0 radical (unpaired) electrons. The van der Waals surface area contributed by atoms with Crippen LogP contribution < -0.4 is 15.5 Å². The van der Waals surface area contributed by atoms with Gasteiger partial charge in [0.05, 0.1) is 18.4 Å². The van der Waals surface area contributed by atoms with E-state index in [2.05, 4.69) is 10.4 Å². The Balaban J connectivity index is 1.88. The van der Waals surface area contributed by atoms with Crippen molar-refractivity contribution >= 4 is 11.6 Å². The van der Waals surface area contributed by atoms with Crippen LogP contribution in [0.2, 0.25) is 0 Å². The molecule has 1 heterocycles. The molecule has 6 nitrogen and oxygen atoms in total. The van der Waals surface area contributed by atoms with Gasteiger partial charge in [0.15, 0.2) is 5.69 Å². The zero-order valence-electron chi connectivity index (χ0n) is 14.5. The van der Waals surface area contributed by atoms with Crippen molar-refractivity contribution in [3.8, 4) is 11.4 Å². The van der Waals surface area contributed by atoms with E-state index in [4.69, 9.17) is 4.74 Å². The number of nitrogens with one attached hydrogen (secondary N) is 1. The quantitative estimate of drug-likeness (QED) is 0.741. The number of amides is 1. The average Bonchev–Trinajstić information content (AvgIpc) is 2.68. The summed E-state index contributed by atoms with van der Waals surface area (Å²) in [5.74, 6) is -0.292. The van der Waals surface area contributed by atoms with Crippen LogP contribution in [0.5, 0.6) is 5.75 Å². The van der Waals surface area contributed by atoms with E-state index >= 15 is 0 Å². The van der Waals surface area contributed by atoms with E-state index in [1.807, 2.05) is 0 Å². The van der Waals surface area contributed by atoms with Crippen molar-refractivity contribution in [2.75, 3.05) is 12.4 Å². The topological polar surface area (TPSA) is 73.2 Å². The molecule has 0 aliphatic heterocycles. The summed E-state index contributed by atoms with van der Waals surface area (Å²) >= 11 is 0. The van der Waals surface area contributed by atoms with Gasteiger partial charge < -0.3 is 10.1 Å². The lowest BCUT2D eigenvalue weighted by molar-refractivity contribution is -0.137. The van der Waals surface area contributed by atoms with Gasteiger partial charge in [-0.2, -0.15) is 18.3 Å². The first kappa shape index (κ1) is 19.2. The Morgan fingerprint density at radius 1 is 1.11 bits per heavy atom. The first-order valence-corrected chi connectivity index (χ1v) is 8.01. The minimum atomic E-state index is -4.55. The lowest BCUT2D eigenvalue weighted by Gasteiger charge is -2.10. The maximum absolute atomic E-state index is 12.8. The molecule has 0 spiro atoms. The van der Waals surface area contributed by atoms with Gasteiger partial charge in [-0.1, -0.05) is 6.07 Å². The van der Waals surface area contributed by atoms with Crippen LogP contribution in [0, 0.1) is 0 Å². The van der Waals surface area contributed by atoms with Crippen LogP contribution >= 0.6 is 0 Å². The van der Waals surface area contributed by atoms with Crippen LogP contribution in [0.1, 0.15) is 16.1 Å². The highest BCUT2D eigenvalue weighted by molar-refractivity contribution is 6.02. The smallest absolute Gasteiger partial charge is 0.416 e. The number of benzene rings is 2. The SMILES string of the molecule is COc1ccc(-n2ccc(=O)c(C(=O)Nc3cccc(C(F)(F)F)c3)n2)cc1. The van der Waals surface area contributed by atoms with Crippen molar-refractivity contribution in [2.24, 2.45) is 0 Å². The highest BCUT2D eigenvalue weighted by atomic mass is 19.4. The molecule has 144 valence electrons. The summed E-state index contributed by atoms with van der Waals surface area (Å²) in [6.07, 6.45) is -3.17. The van der Waals surface area contributed by atoms with Gasteiger partial charge in [-0.05, 0) is 42.5 Å². The Hall–Kier alpha value is -3.62. The standard InChI is InChI=1S/C19H14F3N3O3/c1-28-15-7-5-14(6-8-15)25-10-9-16(26)17(24-25)18(27)23-13-4-2-3-12(11-13)19(20,21)22/h2-11H,1H3,(H,23,27). The van der Waals surface area contributed by atoms with Crippen LogP contribution in [0.4, 0.5) is 18.9 Å². The van der Waals surface area contributed by atoms with Crippen molar-refractivity contribution < 1.29 is 22.7 Å². The van der Waals surface area contributed by atoms with E-state index in [0.29, 0.717) is 11.4 Å². The van der Waals surface area contributed by atoms with Crippen molar-refractivity contribution in [3.63, 3.8) is 0 Å². The molecule has 28 heavy (non-hydrogen) atoms. The number of carbonyl (C=O) groups is 1. The molecule has 3 aromatic rings. The van der Waals surface area contributed by atoms with Gasteiger partial charge in [-0.25, -0.2) is 4.68 Å². The summed E-state index contributed by atoms with van der Waals surface area (Å²) in [5, 5.41) is 6.27. The average molecular weight is 389 g/mol. The Morgan fingerprint density at radius 2 is 1.82 bits per heavy atom. The number of halogens is 3. The lowest BCUT2D eigenvalue weighted by atomic mass is 10.2. The molecule has 0 saturated carbocycles. The molecule has 0 aliphatic carbocycles. The number of methoxy groups -OCH3 is 1. The Labute approximate surface area is 157 Å². The summed E-state index contributed by atoms with van der Waals surface area (Å²) in [6, 6.07) is 12.0. The molecule has 0 fully saturated rings. The lowest BCUT2D eigenvalue weighted by Crippen LogP contribution is -2.25. The van der Waals surface area contributed by atoms with Gasteiger partial charge >= 0.3 is 6.18 Å². The molecule has 0 atom stereocenters. The molecule has 1 amide bonds. The molecular formula is C19H14F3N3O3. The monoisotopic (exact) mass is 389 g/mol. The summed E-state index contributed by atoms with van der Waals surface area (Å²) in [4.78, 5) is 24.4. The molecule has 0 saturated heterocycles. The zero-order chi connectivity index (χ0) is 20.3. The van der Waals surface area contributed by atoms with Gasteiger partial charge in [-0.15, -0.1) is 0 Å². The number of anilines is 1. The van der Waals surface area contributed by atoms with Crippen molar-refractivity contribution in [2.45, 2.75) is 6.18 Å². The zero-order valence-corrected chi connectivity index (χ0v) is 14.5. The number of hydrogen-bond donors (Lipinski definition) is 1. The van der Waals surface area contributed by atoms with Gasteiger partial charge in [0.25, 0.3) is 5.91 Å². The van der Waals surface area contributed by atoms with E-state index in [0.717, 1.165) is 24.3 Å². The minimum absolute atomic E-state index is 0.0964. The number of aromatic nitrogens is 2. The third-order valence-electron chi connectivity index (χ3n) is 3.81. The molecule has 0 bridgehead atoms. The second-order valence-corrected chi connectivity index (χ2v) is 5.70. The summed E-state index contributed by atoms with van der Waals surface area (Å²) < 4.78 is 44.8. The van der Waals surface area contributed by atoms with E-state index in [1.54, 1.807) is 24.3 Å². The van der Waals surface area contributed by atoms with Crippen LogP contribution in [-0.4, -0.2) is 22.8 Å². The van der Waals surface area contributed by atoms with E-state index in [9.17, 15) is 22.8 Å². The van der Waals surface area contributed by atoms with Crippen molar-refractivity contribution in [1.82, 2.24) is 9.78 Å². The van der Waals surface area contributed by atoms with Crippen molar-refractivity contribution in [1.29, 1.82) is 0 Å². The molecular weight excluding hydrogens is 375 g/mol. The first-order valence-electron chi connectivity index (χ1n) is 8.01. The molecule has 9 heteroatoms. The van der Waals surface area contributed by atoms with Gasteiger partial charge in [0, 0.05) is 18.0 Å². The minimum Gasteiger partial charge on any atom is -0.497 e. The largest absolute Gasteiger partial charge is 0.497 e. The van der Waals surface area contributed by atoms with Gasteiger partial charge in [-0.3, -0.25) is 9.59 Å². The Kier molecular flexibility index (Phi) is 5.16. The fraction of sp³-hybridized carbons (Fsp3) is 0.105. The maximum atomic E-state index is 12.8. The number of alkyl halides is 3. The number of rotatable bonds is 4. The summed E-state index contributed by atoms with van der Waals surface area (Å²) in [7, 11) is 1.52. The van der Waals surface area contributed by atoms with E-state index in [1.165, 1.54) is 24.1 Å². The number of carbonyl (C=O) groups excluding carboxylic acids is 1. The van der Waals surface area contributed by atoms with Crippen LogP contribution in [0.15, 0.2) is 65.6 Å². The molecule has 0 aliphatic rings. The highest BCUT2D eigenvalue weighted by Gasteiger charge is 2.30. The number of ether oxygens (including phenoxy) is 1. The summed E-state index contributed by atoms with van der Waals surface area (Å²) in [6.45, 7) is 0. The Morgan fingerprint density at radius 3 is 2.46 bits per heavy atom. The predicted octanol–water partition coefficient (Wildman–Crippen LogP) is 3.51. The normalized spacial score (nSPS) is 11.1. The summed E-state index contributed by atoms with van der Waals surface area (Å²) in [5.41, 5.74) is -1.55. The van der Waals surface area contributed by atoms with Crippen molar-refractivity contribution in [3.05, 3.63) is 82.3 Å². The number of hydrogen-bond acceptors (Lipinski definition) is 4. The molecule has 3 rings (SSSR count). The fourth-order valence-electron chi connectivity index (χ4n) is 2.41. The van der Waals surface area contributed by atoms with Crippen LogP contribution in [-0.2, 0) is 6.18 Å². The Bertz CT molecular complexity index is 1060. The van der Waals surface area contributed by atoms with Crippen LogP contribution in [0.3, 0.4) is 0 Å². The van der Waals surface area contributed by atoms with Gasteiger partial charge in [0.2, 0.25) is 5.43 Å². The highest BCUT2D eigenvalue weighted by Crippen LogP contribution is 2.30. The molecule has 1 aromatic heterocycles. The third kappa shape index (κ3) is 4.20. The molecule has 1 N–H and O–H groups in total. The molecule has 2 aromatic carbocycles. The predicted molar refractivity (Wildman–Crippen MR) is 95.8 cm³/mol. The van der Waals surface area contributed by atoms with E-state index in [-0.39, 0.29) is 5.69 Å². The van der Waals surface area contributed by atoms with E-state index < -0.39 is 28.8 Å². The number of nitrogens with zero attached hydrogens (tertiary/aromatic N) is 2.